The molecule has 2 fully saturated rings. The summed E-state index contributed by atoms with van der Waals surface area (Å²) in [6.45, 7) is 2.22. The van der Waals surface area contributed by atoms with Crippen LogP contribution in [0, 0.1) is 12.8 Å². The maximum Gasteiger partial charge on any atom is 0.284 e. The Kier molecular flexibility index (Phi) is 9.16. The Morgan fingerprint density at radius 2 is 1.87 bits per heavy atom. The Bertz CT molecular complexity index is 1230. The minimum Gasteiger partial charge on any atom is -0.339 e. The van der Waals surface area contributed by atoms with Crippen LogP contribution in [-0.2, 0) is 19.6 Å². The number of hydrogen-bond acceptors (Lipinski definition) is 9. The molecule has 0 unspecified atom stereocenters. The lowest BCUT2D eigenvalue weighted by Gasteiger charge is -2.34. The van der Waals surface area contributed by atoms with E-state index in [9.17, 15) is 22.8 Å². The first-order valence-electron chi connectivity index (χ1n) is 13.1. The average Bonchev–Trinajstić information content (AvgIpc) is 3.13. The molecule has 1 aliphatic carbocycles. The lowest BCUT2D eigenvalue weighted by Crippen LogP contribution is -2.57. The molecule has 2 amide bonds. The second-order valence-electron chi connectivity index (χ2n) is 9.92. The summed E-state index contributed by atoms with van der Waals surface area (Å²) in [6.07, 6.45) is 9.90. The Morgan fingerprint density at radius 1 is 1.08 bits per heavy atom. The number of rotatable bonds is 8. The Balaban J connectivity index is 1.72. The standard InChI is InChI=1S/C26H34N6O5S/c1-18-15-30-21(16-29-18)25(34)31-20(14-19-8-3-2-4-9-19)26(35)32(22-10-7-12-27-17-23(22)33)38(36,37)24-11-5-6-13-28-24/h5-6,11,13,15-16,19-20,22,27H,2-4,7-10,12,14,17H2,1H3,(H,31,34)/t20-,22-/m0/s1. The van der Waals surface area contributed by atoms with Crippen molar-refractivity contribution >= 4 is 27.6 Å². The third kappa shape index (κ3) is 6.60. The maximum atomic E-state index is 14.2. The molecular formula is C26H34N6O5S. The normalized spacial score (nSPS) is 19.8. The molecule has 38 heavy (non-hydrogen) atoms. The summed E-state index contributed by atoms with van der Waals surface area (Å²) in [5, 5.41) is 5.38. The predicted octanol–water partition coefficient (Wildman–Crippen LogP) is 1.79. The van der Waals surface area contributed by atoms with Crippen LogP contribution in [0.2, 0.25) is 0 Å². The summed E-state index contributed by atoms with van der Waals surface area (Å²) >= 11 is 0. The molecule has 1 saturated heterocycles. The van der Waals surface area contributed by atoms with Gasteiger partial charge in [-0.25, -0.2) is 14.3 Å². The van der Waals surface area contributed by atoms with E-state index in [4.69, 9.17) is 0 Å². The highest BCUT2D eigenvalue weighted by atomic mass is 32.2. The Hall–Kier alpha value is -3.25. The fourth-order valence-corrected chi connectivity index (χ4v) is 6.64. The number of pyridine rings is 1. The van der Waals surface area contributed by atoms with Gasteiger partial charge >= 0.3 is 0 Å². The summed E-state index contributed by atoms with van der Waals surface area (Å²) in [5.41, 5.74) is 0.649. The molecule has 2 N–H and O–H groups in total. The van der Waals surface area contributed by atoms with Crippen LogP contribution in [0.5, 0.6) is 0 Å². The molecule has 1 saturated carbocycles. The number of hydrogen-bond donors (Lipinski definition) is 2. The number of carbonyl (C=O) groups excluding carboxylic acids is 3. The molecule has 0 bridgehead atoms. The first-order chi connectivity index (χ1) is 18.3. The molecule has 1 aliphatic heterocycles. The summed E-state index contributed by atoms with van der Waals surface area (Å²) < 4.78 is 28.4. The van der Waals surface area contributed by atoms with Crippen molar-refractivity contribution < 1.29 is 22.8 Å². The van der Waals surface area contributed by atoms with Gasteiger partial charge < -0.3 is 10.6 Å². The van der Waals surface area contributed by atoms with Crippen LogP contribution in [0.4, 0.5) is 0 Å². The molecule has 204 valence electrons. The van der Waals surface area contributed by atoms with Crippen molar-refractivity contribution in [1.29, 1.82) is 0 Å². The van der Waals surface area contributed by atoms with Gasteiger partial charge in [-0.15, -0.1) is 0 Å². The quantitative estimate of drug-likeness (QED) is 0.509. The number of sulfonamides is 1. The highest BCUT2D eigenvalue weighted by molar-refractivity contribution is 7.89. The van der Waals surface area contributed by atoms with Crippen LogP contribution in [0.25, 0.3) is 0 Å². The molecule has 12 heteroatoms. The van der Waals surface area contributed by atoms with E-state index in [-0.39, 0.29) is 36.0 Å². The number of aromatic nitrogens is 3. The molecular weight excluding hydrogens is 508 g/mol. The summed E-state index contributed by atoms with van der Waals surface area (Å²) in [5.74, 6) is -1.74. The van der Waals surface area contributed by atoms with Crippen LogP contribution in [0.1, 0.15) is 67.5 Å². The first kappa shape index (κ1) is 27.8. The number of Topliss-reactive ketones (excluding diaryl/α,β-unsaturated/α-hetero) is 1. The van der Waals surface area contributed by atoms with Crippen LogP contribution in [-0.4, -0.2) is 70.4 Å². The molecule has 2 aromatic heterocycles. The van der Waals surface area contributed by atoms with Crippen molar-refractivity contribution in [3.8, 4) is 0 Å². The van der Waals surface area contributed by atoms with E-state index >= 15 is 0 Å². The van der Waals surface area contributed by atoms with E-state index in [1.165, 1.54) is 30.7 Å². The summed E-state index contributed by atoms with van der Waals surface area (Å²) in [4.78, 5) is 52.6. The zero-order valence-electron chi connectivity index (χ0n) is 21.5. The first-order valence-corrected chi connectivity index (χ1v) is 14.5. The van der Waals surface area contributed by atoms with Gasteiger partial charge in [0.15, 0.2) is 10.8 Å². The van der Waals surface area contributed by atoms with E-state index < -0.39 is 39.7 Å². The minimum atomic E-state index is -4.50. The van der Waals surface area contributed by atoms with E-state index in [0.717, 1.165) is 32.1 Å². The van der Waals surface area contributed by atoms with Gasteiger partial charge in [-0.2, -0.15) is 8.42 Å². The highest BCUT2D eigenvalue weighted by Gasteiger charge is 2.44. The number of nitrogens with zero attached hydrogens (tertiary/aromatic N) is 4. The molecule has 0 spiro atoms. The average molecular weight is 543 g/mol. The largest absolute Gasteiger partial charge is 0.339 e. The van der Waals surface area contributed by atoms with Gasteiger partial charge in [0, 0.05) is 12.4 Å². The molecule has 2 aromatic rings. The number of carbonyl (C=O) groups is 3. The van der Waals surface area contributed by atoms with Crippen molar-refractivity contribution in [3.05, 3.63) is 48.2 Å². The van der Waals surface area contributed by atoms with Gasteiger partial charge in [0.05, 0.1) is 18.4 Å². The van der Waals surface area contributed by atoms with Gasteiger partial charge in [0.25, 0.3) is 21.8 Å². The van der Waals surface area contributed by atoms with Gasteiger partial charge in [-0.1, -0.05) is 38.2 Å². The van der Waals surface area contributed by atoms with Crippen LogP contribution < -0.4 is 10.6 Å². The molecule has 2 atom stereocenters. The van der Waals surface area contributed by atoms with E-state index in [2.05, 4.69) is 25.6 Å². The van der Waals surface area contributed by atoms with Crippen LogP contribution >= 0.6 is 0 Å². The number of amides is 2. The summed E-state index contributed by atoms with van der Waals surface area (Å²) in [7, 11) is -4.50. The lowest BCUT2D eigenvalue weighted by atomic mass is 9.84. The van der Waals surface area contributed by atoms with Crippen LogP contribution in [0.3, 0.4) is 0 Å². The zero-order valence-corrected chi connectivity index (χ0v) is 22.3. The van der Waals surface area contributed by atoms with E-state index in [1.807, 2.05) is 0 Å². The maximum absolute atomic E-state index is 14.2. The second kappa shape index (κ2) is 12.5. The fraction of sp³-hybridized carbons (Fsp3) is 0.538. The molecule has 4 rings (SSSR count). The third-order valence-corrected chi connectivity index (χ3v) is 8.80. The van der Waals surface area contributed by atoms with Gasteiger partial charge in [0.1, 0.15) is 17.8 Å². The molecule has 0 radical (unpaired) electrons. The Morgan fingerprint density at radius 3 is 2.55 bits per heavy atom. The number of nitrogens with one attached hydrogen (secondary N) is 2. The van der Waals surface area contributed by atoms with Crippen molar-refractivity contribution in [2.45, 2.75) is 75.4 Å². The molecule has 3 heterocycles. The van der Waals surface area contributed by atoms with Gasteiger partial charge in [-0.05, 0) is 50.8 Å². The smallest absolute Gasteiger partial charge is 0.284 e. The van der Waals surface area contributed by atoms with Gasteiger partial charge in [0.2, 0.25) is 0 Å². The fourth-order valence-electron chi connectivity index (χ4n) is 5.07. The van der Waals surface area contributed by atoms with E-state index in [0.29, 0.717) is 23.0 Å². The second-order valence-corrected chi connectivity index (χ2v) is 11.7. The Labute approximate surface area is 222 Å². The number of ketones is 1. The van der Waals surface area contributed by atoms with Gasteiger partial charge in [-0.3, -0.25) is 19.4 Å². The number of aryl methyl sites for hydroxylation is 1. The summed E-state index contributed by atoms with van der Waals surface area (Å²) in [6, 6.07) is 2.01. The van der Waals surface area contributed by atoms with Crippen LogP contribution in [0.15, 0.2) is 41.8 Å². The van der Waals surface area contributed by atoms with Crippen molar-refractivity contribution in [1.82, 2.24) is 29.9 Å². The third-order valence-electron chi connectivity index (χ3n) is 7.07. The minimum absolute atomic E-state index is 0.0194. The molecule has 2 aliphatic rings. The van der Waals surface area contributed by atoms with E-state index in [1.54, 1.807) is 13.0 Å². The molecule has 11 nitrogen and oxygen atoms in total. The van der Waals surface area contributed by atoms with Crippen molar-refractivity contribution in [2.24, 2.45) is 5.92 Å². The monoisotopic (exact) mass is 542 g/mol. The lowest BCUT2D eigenvalue weighted by molar-refractivity contribution is -0.135. The predicted molar refractivity (Wildman–Crippen MR) is 138 cm³/mol. The molecule has 0 aromatic carbocycles. The van der Waals surface area contributed by atoms with Crippen molar-refractivity contribution in [2.75, 3.05) is 13.1 Å². The highest BCUT2D eigenvalue weighted by Crippen LogP contribution is 2.29. The van der Waals surface area contributed by atoms with Crippen molar-refractivity contribution in [3.63, 3.8) is 0 Å². The zero-order chi connectivity index (χ0) is 27.1. The SMILES string of the molecule is Cc1cnc(C(=O)N[C@@H](CC2CCCCC2)C(=O)N([C@H]2CCCNCC2=O)S(=O)(=O)c2ccccn2)cn1. The topological polar surface area (TPSA) is 151 Å².